The molecule has 2 bridgehead atoms. The van der Waals surface area contributed by atoms with Gasteiger partial charge >= 0.3 is 40.8 Å². The van der Waals surface area contributed by atoms with E-state index in [2.05, 4.69) is 10.6 Å². The average molecular weight is 455 g/mol. The minimum absolute atomic E-state index is 0.217. The van der Waals surface area contributed by atoms with Gasteiger partial charge in [-0.15, -0.1) is 0 Å². The zero-order chi connectivity index (χ0) is 22.8. The molecule has 31 heavy (non-hydrogen) atoms. The Bertz CT molecular complexity index is 837. The van der Waals surface area contributed by atoms with Crippen molar-refractivity contribution in [1.82, 2.24) is 0 Å². The van der Waals surface area contributed by atoms with Crippen LogP contribution in [0.5, 0.6) is 0 Å². The Hall–Kier alpha value is -2.56. The third-order valence-corrected chi connectivity index (χ3v) is 5.39. The molecule has 1 aromatic heterocycles. The summed E-state index contributed by atoms with van der Waals surface area (Å²) in [5.74, 6) is -2.04. The Labute approximate surface area is 181 Å². The number of hydrogen-bond donors (Lipinski definition) is 3. The summed E-state index contributed by atoms with van der Waals surface area (Å²) in [6.45, 7) is 4.15. The molecule has 3 heterocycles. The maximum atomic E-state index is 12.9. The summed E-state index contributed by atoms with van der Waals surface area (Å²) >= 11 is 0. The monoisotopic (exact) mass is 454 g/mol. The van der Waals surface area contributed by atoms with Gasteiger partial charge in [0.2, 0.25) is 0 Å². The summed E-state index contributed by atoms with van der Waals surface area (Å²) in [5, 5.41) is 0. The van der Waals surface area contributed by atoms with Crippen LogP contribution in [0.25, 0.3) is 0 Å². The molecule has 2 aromatic rings. The van der Waals surface area contributed by atoms with Gasteiger partial charge in [-0.1, -0.05) is 30.3 Å². The summed E-state index contributed by atoms with van der Waals surface area (Å²) in [5.41, 5.74) is 3.22. The van der Waals surface area contributed by atoms with Crippen LogP contribution in [0.4, 0.5) is 0 Å². The zero-order valence-corrected chi connectivity index (χ0v) is 17.8. The van der Waals surface area contributed by atoms with Gasteiger partial charge in [-0.3, -0.25) is 9.59 Å². The van der Waals surface area contributed by atoms with Gasteiger partial charge in [0.1, 0.15) is 5.92 Å². The normalized spacial score (nSPS) is 23.5. The van der Waals surface area contributed by atoms with Crippen molar-refractivity contribution in [2.75, 3.05) is 13.2 Å². The number of esters is 2. The van der Waals surface area contributed by atoms with Crippen molar-refractivity contribution in [1.29, 1.82) is 0 Å². The molecule has 10 heteroatoms. The fourth-order valence-electron chi connectivity index (χ4n) is 4.54. The third-order valence-electron chi connectivity index (χ3n) is 5.39. The van der Waals surface area contributed by atoms with Crippen molar-refractivity contribution in [2.24, 2.45) is 11.8 Å². The third kappa shape index (κ3) is 4.70. The number of hydrogen-bond acceptors (Lipinski definition) is 8. The molecule has 3 aliphatic rings. The van der Waals surface area contributed by atoms with Gasteiger partial charge in [0.15, 0.2) is 17.9 Å². The summed E-state index contributed by atoms with van der Waals surface area (Å²) in [6.07, 6.45) is 1.98. The second-order valence-corrected chi connectivity index (χ2v) is 7.94. The van der Waals surface area contributed by atoms with Crippen molar-refractivity contribution in [3.8, 4) is 0 Å². The van der Waals surface area contributed by atoms with Crippen LogP contribution >= 0.6 is 0 Å². The first-order valence-electron chi connectivity index (χ1n) is 9.77. The molecular weight excluding hydrogens is 430 g/mol. The number of ether oxygens (including phenoxy) is 2. The molecule has 4 unspecified atom stereocenters. The van der Waals surface area contributed by atoms with Crippen LogP contribution in [-0.2, 0) is 19.1 Å². The van der Waals surface area contributed by atoms with Crippen molar-refractivity contribution in [3.63, 3.8) is 0 Å². The van der Waals surface area contributed by atoms with Gasteiger partial charge in [-0.05, 0) is 19.4 Å². The molecule has 1 aromatic carbocycles. The molecule has 2 aliphatic heterocycles. The van der Waals surface area contributed by atoms with E-state index in [-0.39, 0.29) is 30.5 Å². The summed E-state index contributed by atoms with van der Waals surface area (Å²) < 4.78 is 43.1. The van der Waals surface area contributed by atoms with E-state index in [0.29, 0.717) is 6.61 Å². The van der Waals surface area contributed by atoms with Gasteiger partial charge in [0, 0.05) is 17.7 Å². The van der Waals surface area contributed by atoms with E-state index < -0.39 is 22.1 Å². The Morgan fingerprint density at radius 1 is 0.935 bits per heavy atom. The second kappa shape index (κ2) is 9.29. The van der Waals surface area contributed by atoms with Crippen LogP contribution in [-0.4, -0.2) is 39.1 Å². The second-order valence-electron chi connectivity index (χ2n) is 7.07. The number of rotatable bonds is 4. The van der Waals surface area contributed by atoms with Gasteiger partial charge in [0.25, 0.3) is 0 Å². The van der Waals surface area contributed by atoms with Gasteiger partial charge < -0.3 is 9.47 Å². The van der Waals surface area contributed by atoms with Crippen molar-refractivity contribution in [2.45, 2.75) is 25.8 Å². The topological polar surface area (TPSA) is 140 Å². The fraction of sp³-hybridized carbons (Fsp3) is 0.381. The van der Waals surface area contributed by atoms with Crippen LogP contribution < -0.4 is 9.23 Å². The molecule has 0 saturated heterocycles. The Morgan fingerprint density at radius 2 is 1.45 bits per heavy atom. The molecule has 0 spiro atoms. The molecule has 0 fully saturated rings. The molecule has 0 saturated carbocycles. The predicted molar refractivity (Wildman–Crippen MR) is 100.0 cm³/mol. The van der Waals surface area contributed by atoms with E-state index in [1.54, 1.807) is 13.8 Å². The van der Waals surface area contributed by atoms with Gasteiger partial charge in [0.05, 0.1) is 25.0 Å². The number of carbonyl (C=O) groups is 2. The summed E-state index contributed by atoms with van der Waals surface area (Å²) in [6, 6.07) is 13.7. The number of carbonyl (C=O) groups excluding carboxylic acids is 2. The van der Waals surface area contributed by atoms with Crippen LogP contribution in [0.15, 0.2) is 48.7 Å². The van der Waals surface area contributed by atoms with E-state index >= 15 is 0 Å². The molecule has 9 nitrogen and oxygen atoms in total. The van der Waals surface area contributed by atoms with Crippen molar-refractivity contribution in [3.05, 3.63) is 65.5 Å². The van der Waals surface area contributed by atoms with E-state index in [9.17, 15) is 9.59 Å². The summed E-state index contributed by atoms with van der Waals surface area (Å²) in [4.78, 5) is 25.8. The standard InChI is InChI=1S/C21H22NO4.ClH3O4/c1-3-25-20(23)17-16-13-9-5-6-10-14(13)19(18(17)21(24)26-4-2)22-12-8-7-11-15(16)22;2-1(3,4)5/h5-12,16-19H,3-4H2,1-2H3;2-4H/q+1;. The van der Waals surface area contributed by atoms with E-state index in [1.807, 2.05) is 42.6 Å². The van der Waals surface area contributed by atoms with Crippen LogP contribution in [0.1, 0.15) is 42.6 Å². The molecule has 5 rings (SSSR count). The molecule has 1 aliphatic carbocycles. The molecule has 168 valence electrons. The van der Waals surface area contributed by atoms with Gasteiger partial charge in [-0.25, -0.2) is 0 Å². The SMILES string of the molecule is CCOC(=O)C1C2c3ccccc3C(C1C(=O)OCC)[n+]1ccccc12.[O-][Cl+](O)(O)O. The van der Waals surface area contributed by atoms with Crippen LogP contribution in [0.2, 0.25) is 0 Å². The quantitative estimate of drug-likeness (QED) is 0.415. The van der Waals surface area contributed by atoms with Crippen LogP contribution in [0.3, 0.4) is 0 Å². The zero-order valence-electron chi connectivity index (χ0n) is 17.1. The number of aromatic nitrogens is 1. The molecular formula is C21H25ClNO8+. The van der Waals surface area contributed by atoms with Crippen molar-refractivity contribution >= 4 is 11.9 Å². The Morgan fingerprint density at radius 3 is 2.03 bits per heavy atom. The number of fused-ring (bicyclic) bond motifs is 1. The average Bonchev–Trinajstić information content (AvgIpc) is 2.72. The first-order valence-corrected chi connectivity index (χ1v) is 11.1. The summed E-state index contributed by atoms with van der Waals surface area (Å²) in [7, 11) is -4.19. The molecule has 3 N–H and O–H groups in total. The minimum atomic E-state index is -4.19. The van der Waals surface area contributed by atoms with Crippen LogP contribution in [0, 0.1) is 22.1 Å². The number of halogens is 1. The van der Waals surface area contributed by atoms with E-state index in [4.69, 9.17) is 28.1 Å². The van der Waals surface area contributed by atoms with E-state index in [1.165, 1.54) is 0 Å². The first-order chi connectivity index (χ1) is 14.7. The Kier molecular flexibility index (Phi) is 6.93. The number of benzene rings is 1. The molecule has 0 amide bonds. The molecule has 4 atom stereocenters. The Balaban J connectivity index is 0.000000491. The predicted octanol–water partition coefficient (Wildman–Crippen LogP) is -0.479. The fourth-order valence-corrected chi connectivity index (χ4v) is 4.54. The molecule has 0 radical (unpaired) electrons. The van der Waals surface area contributed by atoms with Gasteiger partial charge in [-0.2, -0.15) is 4.57 Å². The maximum absolute atomic E-state index is 12.9. The number of nitrogens with zero attached hydrogens (tertiary/aromatic N) is 1. The number of pyridine rings is 1. The first kappa shape index (κ1) is 23.1. The van der Waals surface area contributed by atoms with E-state index in [0.717, 1.165) is 16.8 Å². The van der Waals surface area contributed by atoms with Crippen molar-refractivity contribution < 1.29 is 52.5 Å².